The van der Waals surface area contributed by atoms with Crippen molar-refractivity contribution in [2.24, 2.45) is 5.41 Å². The predicted molar refractivity (Wildman–Crippen MR) is 101 cm³/mol. The average molecular weight is 332 g/mol. The van der Waals surface area contributed by atoms with Gasteiger partial charge in [0.15, 0.2) is 5.78 Å². The van der Waals surface area contributed by atoms with Crippen molar-refractivity contribution in [3.05, 3.63) is 34.4 Å². The van der Waals surface area contributed by atoms with Gasteiger partial charge in [-0.2, -0.15) is 0 Å². The number of rotatable bonds is 8. The lowest BCUT2D eigenvalue weighted by molar-refractivity contribution is 0.0855. The lowest BCUT2D eigenvalue weighted by atomic mass is 9.82. The molecular weight excluding hydrogens is 298 g/mol. The highest BCUT2D eigenvalue weighted by Gasteiger charge is 2.26. The van der Waals surface area contributed by atoms with Crippen LogP contribution in [0.3, 0.4) is 0 Å². The number of carbonyl (C=O) groups excluding carboxylic acids is 2. The number of hydrogen-bond donors (Lipinski definition) is 1. The summed E-state index contributed by atoms with van der Waals surface area (Å²) >= 11 is 0. The van der Waals surface area contributed by atoms with Crippen LogP contribution in [0.25, 0.3) is 0 Å². The number of benzene rings is 1. The molecule has 0 atom stereocenters. The lowest BCUT2D eigenvalue weighted by Crippen LogP contribution is -2.26. The zero-order valence-corrected chi connectivity index (χ0v) is 16.2. The number of hydrogen-bond acceptors (Lipinski definition) is 2. The normalized spacial score (nSPS) is 11.4. The van der Waals surface area contributed by atoms with Crippen LogP contribution in [0.15, 0.2) is 12.1 Å². The SMILES string of the molecule is CCCCCCCNC(=O)c1cc(C)c(C(=O)C(C)(C)C)c(C)c1. The molecule has 1 aromatic carbocycles. The number of unbranched alkanes of at least 4 members (excludes halogenated alkanes) is 4. The molecule has 0 aromatic heterocycles. The van der Waals surface area contributed by atoms with E-state index in [1.807, 2.05) is 46.8 Å². The summed E-state index contributed by atoms with van der Waals surface area (Å²) < 4.78 is 0. The van der Waals surface area contributed by atoms with Gasteiger partial charge < -0.3 is 5.32 Å². The summed E-state index contributed by atoms with van der Waals surface area (Å²) in [6, 6.07) is 3.66. The fourth-order valence-corrected chi connectivity index (χ4v) is 2.86. The fraction of sp³-hybridized carbons (Fsp3) is 0.619. The highest BCUT2D eigenvalue weighted by Crippen LogP contribution is 2.26. The molecule has 1 rings (SSSR count). The summed E-state index contributed by atoms with van der Waals surface area (Å²) in [6.07, 6.45) is 5.89. The molecule has 1 N–H and O–H groups in total. The van der Waals surface area contributed by atoms with Gasteiger partial charge in [0.2, 0.25) is 0 Å². The van der Waals surface area contributed by atoms with Crippen LogP contribution in [0.2, 0.25) is 0 Å². The van der Waals surface area contributed by atoms with Crippen molar-refractivity contribution in [3.8, 4) is 0 Å². The van der Waals surface area contributed by atoms with E-state index in [9.17, 15) is 9.59 Å². The van der Waals surface area contributed by atoms with Crippen LogP contribution >= 0.6 is 0 Å². The van der Waals surface area contributed by atoms with E-state index < -0.39 is 5.41 Å². The van der Waals surface area contributed by atoms with Gasteiger partial charge in [-0.1, -0.05) is 53.4 Å². The smallest absolute Gasteiger partial charge is 0.251 e. The zero-order valence-electron chi connectivity index (χ0n) is 16.2. The molecule has 1 aromatic rings. The second kappa shape index (κ2) is 9.00. The van der Waals surface area contributed by atoms with E-state index in [-0.39, 0.29) is 11.7 Å². The third kappa shape index (κ3) is 5.77. The number of nitrogens with one attached hydrogen (secondary N) is 1. The Morgan fingerprint density at radius 3 is 2.00 bits per heavy atom. The third-order valence-corrected chi connectivity index (χ3v) is 4.27. The molecule has 0 fully saturated rings. The first kappa shape index (κ1) is 20.4. The molecule has 0 aliphatic carbocycles. The first-order valence-electron chi connectivity index (χ1n) is 9.12. The maximum atomic E-state index is 12.6. The number of Topliss-reactive ketones (excluding diaryl/α,β-unsaturated/α-hetero) is 1. The van der Waals surface area contributed by atoms with E-state index in [4.69, 9.17) is 0 Å². The van der Waals surface area contributed by atoms with Crippen LogP contribution in [0, 0.1) is 19.3 Å². The monoisotopic (exact) mass is 331 g/mol. The molecule has 0 saturated heterocycles. The molecule has 3 nitrogen and oxygen atoms in total. The van der Waals surface area contributed by atoms with Crippen molar-refractivity contribution >= 4 is 11.7 Å². The van der Waals surface area contributed by atoms with Crippen LogP contribution in [0.1, 0.15) is 91.6 Å². The first-order chi connectivity index (χ1) is 11.2. The topological polar surface area (TPSA) is 46.2 Å². The van der Waals surface area contributed by atoms with Crippen LogP contribution in [0.5, 0.6) is 0 Å². The molecule has 0 heterocycles. The van der Waals surface area contributed by atoms with Gasteiger partial charge in [0.05, 0.1) is 0 Å². The molecule has 0 unspecified atom stereocenters. The Labute approximate surface area is 147 Å². The summed E-state index contributed by atoms with van der Waals surface area (Å²) in [5, 5.41) is 2.99. The minimum atomic E-state index is -0.419. The predicted octanol–water partition coefficient (Wildman–Crippen LogP) is 5.23. The second-order valence-corrected chi connectivity index (χ2v) is 7.73. The van der Waals surface area contributed by atoms with E-state index in [1.54, 1.807) is 0 Å². The zero-order chi connectivity index (χ0) is 18.3. The van der Waals surface area contributed by atoms with E-state index >= 15 is 0 Å². The molecule has 0 aliphatic rings. The Balaban J connectivity index is 2.74. The summed E-state index contributed by atoms with van der Waals surface area (Å²) in [5.41, 5.74) is 2.73. The maximum absolute atomic E-state index is 12.6. The van der Waals surface area contributed by atoms with Crippen LogP contribution in [-0.4, -0.2) is 18.2 Å². The van der Waals surface area contributed by atoms with Gasteiger partial charge in [-0.25, -0.2) is 0 Å². The fourth-order valence-electron chi connectivity index (χ4n) is 2.86. The summed E-state index contributed by atoms with van der Waals surface area (Å²) in [7, 11) is 0. The summed E-state index contributed by atoms with van der Waals surface area (Å²) in [5.74, 6) is 0.0758. The molecule has 134 valence electrons. The van der Waals surface area contributed by atoms with Crippen molar-refractivity contribution in [1.29, 1.82) is 0 Å². The van der Waals surface area contributed by atoms with Gasteiger partial charge in [0.25, 0.3) is 5.91 Å². The molecule has 24 heavy (non-hydrogen) atoms. The molecule has 3 heteroatoms. The molecule has 0 bridgehead atoms. The van der Waals surface area contributed by atoms with E-state index in [1.165, 1.54) is 19.3 Å². The number of aryl methyl sites for hydroxylation is 2. The Bertz CT molecular complexity index is 559. The molecule has 0 saturated carbocycles. The van der Waals surface area contributed by atoms with Gasteiger partial charge in [-0.15, -0.1) is 0 Å². The second-order valence-electron chi connectivity index (χ2n) is 7.73. The van der Waals surface area contributed by atoms with Crippen molar-refractivity contribution in [1.82, 2.24) is 5.32 Å². The van der Waals surface area contributed by atoms with Crippen LogP contribution in [0.4, 0.5) is 0 Å². The van der Waals surface area contributed by atoms with Gasteiger partial charge in [-0.05, 0) is 43.5 Å². The average Bonchev–Trinajstić information content (AvgIpc) is 2.48. The van der Waals surface area contributed by atoms with Crippen LogP contribution in [-0.2, 0) is 0 Å². The Hall–Kier alpha value is -1.64. The number of carbonyl (C=O) groups is 2. The molecule has 0 spiro atoms. The highest BCUT2D eigenvalue weighted by atomic mass is 16.1. The Morgan fingerprint density at radius 1 is 0.958 bits per heavy atom. The Kier molecular flexibility index (Phi) is 7.65. The number of amides is 1. The van der Waals surface area contributed by atoms with E-state index in [2.05, 4.69) is 12.2 Å². The quantitative estimate of drug-likeness (QED) is 0.523. The highest BCUT2D eigenvalue weighted by molar-refractivity contribution is 6.04. The van der Waals surface area contributed by atoms with Crippen molar-refractivity contribution < 1.29 is 9.59 Å². The minimum Gasteiger partial charge on any atom is -0.352 e. The summed E-state index contributed by atoms with van der Waals surface area (Å²) in [6.45, 7) is 12.5. The lowest BCUT2D eigenvalue weighted by Gasteiger charge is -2.20. The van der Waals surface area contributed by atoms with Gasteiger partial charge >= 0.3 is 0 Å². The van der Waals surface area contributed by atoms with Gasteiger partial charge in [0, 0.05) is 23.1 Å². The summed E-state index contributed by atoms with van der Waals surface area (Å²) in [4.78, 5) is 24.9. The van der Waals surface area contributed by atoms with Crippen molar-refractivity contribution in [3.63, 3.8) is 0 Å². The van der Waals surface area contributed by atoms with Crippen molar-refractivity contribution in [2.75, 3.05) is 6.54 Å². The van der Waals surface area contributed by atoms with E-state index in [0.717, 1.165) is 29.5 Å². The standard InChI is InChI=1S/C21H33NO2/c1-7-8-9-10-11-12-22-20(24)17-13-15(2)18(16(3)14-17)19(23)21(4,5)6/h13-14H,7-12H2,1-6H3,(H,22,24). The Morgan fingerprint density at radius 2 is 1.50 bits per heavy atom. The molecule has 0 aliphatic heterocycles. The van der Waals surface area contributed by atoms with Gasteiger partial charge in [0.1, 0.15) is 0 Å². The largest absolute Gasteiger partial charge is 0.352 e. The minimum absolute atomic E-state index is 0.0496. The van der Waals surface area contributed by atoms with E-state index in [0.29, 0.717) is 12.1 Å². The van der Waals surface area contributed by atoms with Gasteiger partial charge in [-0.3, -0.25) is 9.59 Å². The molecular formula is C21H33NO2. The van der Waals surface area contributed by atoms with Crippen LogP contribution < -0.4 is 5.32 Å². The third-order valence-electron chi connectivity index (χ3n) is 4.27. The maximum Gasteiger partial charge on any atom is 0.251 e. The molecule has 1 amide bonds. The van der Waals surface area contributed by atoms with Crippen molar-refractivity contribution in [2.45, 2.75) is 73.6 Å². The molecule has 0 radical (unpaired) electrons. The first-order valence-corrected chi connectivity index (χ1v) is 9.12. The number of ketones is 1.